The molecule has 1 N–H and O–H groups in total. The minimum atomic E-state index is -1.86. The van der Waals surface area contributed by atoms with E-state index in [1.165, 1.54) is 21.6 Å². The van der Waals surface area contributed by atoms with Crippen LogP contribution in [0.5, 0.6) is 0 Å². The van der Waals surface area contributed by atoms with E-state index in [1.807, 2.05) is 109 Å². The Balaban J connectivity index is 1.18. The smallest absolute Gasteiger partial charge is 0.222 e. The molecular formula is C43H42O6S. The van der Waals surface area contributed by atoms with Crippen LogP contribution in [0.4, 0.5) is 0 Å². The van der Waals surface area contributed by atoms with Crippen LogP contribution < -0.4 is 0 Å². The third-order valence-electron chi connectivity index (χ3n) is 10.0. The average molecular weight is 687 g/mol. The minimum Gasteiger partial charge on any atom is -0.368 e. The molecule has 0 aliphatic carbocycles. The number of ether oxygens (including phenoxy) is 5. The van der Waals surface area contributed by atoms with Crippen LogP contribution in [0, 0.1) is 0 Å². The zero-order valence-corrected chi connectivity index (χ0v) is 28.9. The predicted molar refractivity (Wildman–Crippen MR) is 194 cm³/mol. The van der Waals surface area contributed by atoms with Gasteiger partial charge in [-0.2, -0.15) is 0 Å². The molecular weight excluding hydrogens is 645 g/mol. The molecule has 7 unspecified atom stereocenters. The molecule has 50 heavy (non-hydrogen) atoms. The number of aryl methyl sites for hydroxylation is 1. The molecule has 3 heterocycles. The van der Waals surface area contributed by atoms with Crippen molar-refractivity contribution in [1.82, 2.24) is 0 Å². The highest BCUT2D eigenvalue weighted by atomic mass is 32.2. The summed E-state index contributed by atoms with van der Waals surface area (Å²) < 4.78 is 33.3. The Hall–Kier alpha value is -3.79. The van der Waals surface area contributed by atoms with Gasteiger partial charge < -0.3 is 28.8 Å². The Kier molecular flexibility index (Phi) is 9.89. The second-order valence-electron chi connectivity index (χ2n) is 13.2. The first-order valence-corrected chi connectivity index (χ1v) is 18.5. The quantitative estimate of drug-likeness (QED) is 0.159. The van der Waals surface area contributed by atoms with Gasteiger partial charge in [-0.1, -0.05) is 128 Å². The molecule has 3 aliphatic heterocycles. The van der Waals surface area contributed by atoms with Crippen molar-refractivity contribution in [2.45, 2.75) is 73.9 Å². The van der Waals surface area contributed by atoms with Crippen molar-refractivity contribution in [3.05, 3.63) is 172 Å². The van der Waals surface area contributed by atoms with Crippen molar-refractivity contribution in [2.75, 3.05) is 12.4 Å². The number of hydrogen-bond acceptors (Lipinski definition) is 7. The molecule has 256 valence electrons. The van der Waals surface area contributed by atoms with Crippen molar-refractivity contribution in [1.29, 1.82) is 0 Å². The highest BCUT2D eigenvalue weighted by Crippen LogP contribution is 2.48. The fraction of sp³-hybridized carbons (Fsp3) is 0.302. The topological polar surface area (TPSA) is 66.4 Å². The Morgan fingerprint density at radius 2 is 1.40 bits per heavy atom. The molecule has 0 spiro atoms. The van der Waals surface area contributed by atoms with Crippen LogP contribution in [-0.2, 0) is 49.1 Å². The maximum absolute atomic E-state index is 13.0. The Morgan fingerprint density at radius 3 is 2.08 bits per heavy atom. The van der Waals surface area contributed by atoms with Gasteiger partial charge in [-0.05, 0) is 46.4 Å². The molecule has 6 nitrogen and oxygen atoms in total. The molecule has 0 amide bonds. The number of thioether (sulfide) groups is 1. The lowest BCUT2D eigenvalue weighted by Crippen LogP contribution is -2.67. The molecule has 7 atom stereocenters. The average Bonchev–Trinajstić information content (AvgIpc) is 3.61. The van der Waals surface area contributed by atoms with Crippen LogP contribution in [0.15, 0.2) is 138 Å². The van der Waals surface area contributed by atoms with E-state index in [0.29, 0.717) is 12.2 Å². The molecule has 2 saturated heterocycles. The summed E-state index contributed by atoms with van der Waals surface area (Å²) in [5, 5.41) is 13.0. The number of aliphatic hydroxyl groups is 1. The second-order valence-corrected chi connectivity index (χ2v) is 14.3. The molecule has 5 aromatic carbocycles. The Bertz CT molecular complexity index is 1850. The van der Waals surface area contributed by atoms with Gasteiger partial charge in [0.25, 0.3) is 0 Å². The van der Waals surface area contributed by atoms with Crippen molar-refractivity contribution in [2.24, 2.45) is 0 Å². The van der Waals surface area contributed by atoms with Crippen molar-refractivity contribution in [3.8, 4) is 0 Å². The van der Waals surface area contributed by atoms with Crippen molar-refractivity contribution >= 4 is 11.8 Å². The summed E-state index contributed by atoms with van der Waals surface area (Å²) in [5.74, 6) is -0.724. The van der Waals surface area contributed by atoms with E-state index >= 15 is 0 Å². The molecule has 7 heteroatoms. The van der Waals surface area contributed by atoms with Gasteiger partial charge in [0.15, 0.2) is 6.29 Å². The number of hydrogen-bond donors (Lipinski definition) is 1. The molecule has 5 aromatic rings. The largest absolute Gasteiger partial charge is 0.368 e. The number of rotatable bonds is 10. The lowest BCUT2D eigenvalue weighted by Gasteiger charge is -2.52. The van der Waals surface area contributed by atoms with E-state index in [4.69, 9.17) is 23.7 Å². The Morgan fingerprint density at radius 1 is 0.740 bits per heavy atom. The van der Waals surface area contributed by atoms with Crippen molar-refractivity contribution < 1.29 is 28.8 Å². The Labute approximate surface area is 298 Å². The van der Waals surface area contributed by atoms with Crippen LogP contribution in [0.3, 0.4) is 0 Å². The maximum atomic E-state index is 13.0. The van der Waals surface area contributed by atoms with Gasteiger partial charge in [0.1, 0.15) is 24.4 Å². The van der Waals surface area contributed by atoms with E-state index in [0.717, 1.165) is 28.9 Å². The molecule has 0 radical (unpaired) electrons. The third-order valence-corrected chi connectivity index (χ3v) is 11.2. The van der Waals surface area contributed by atoms with Crippen LogP contribution in [0.1, 0.15) is 58.1 Å². The van der Waals surface area contributed by atoms with Gasteiger partial charge in [-0.15, -0.1) is 11.8 Å². The third kappa shape index (κ3) is 6.80. The van der Waals surface area contributed by atoms with Crippen molar-refractivity contribution in [3.63, 3.8) is 0 Å². The van der Waals surface area contributed by atoms with Gasteiger partial charge in [0.05, 0.1) is 19.8 Å². The van der Waals surface area contributed by atoms with Gasteiger partial charge in [-0.25, -0.2) is 0 Å². The summed E-state index contributed by atoms with van der Waals surface area (Å²) in [4.78, 5) is 1.21. The second kappa shape index (κ2) is 14.8. The summed E-state index contributed by atoms with van der Waals surface area (Å²) in [7, 11) is 0. The summed E-state index contributed by atoms with van der Waals surface area (Å²) >= 11 is 1.85. The van der Waals surface area contributed by atoms with E-state index in [1.54, 1.807) is 0 Å². The molecule has 3 aliphatic rings. The first kappa shape index (κ1) is 33.4. The van der Waals surface area contributed by atoms with Gasteiger partial charge in [0.2, 0.25) is 5.79 Å². The summed E-state index contributed by atoms with van der Waals surface area (Å²) in [6.45, 7) is 2.96. The maximum Gasteiger partial charge on any atom is 0.222 e. The molecule has 2 fully saturated rings. The van der Waals surface area contributed by atoms with E-state index in [-0.39, 0.29) is 19.1 Å². The zero-order valence-electron chi connectivity index (χ0n) is 28.1. The highest BCUT2D eigenvalue weighted by molar-refractivity contribution is 7.99. The lowest BCUT2D eigenvalue weighted by molar-refractivity contribution is -0.409. The van der Waals surface area contributed by atoms with Gasteiger partial charge in [-0.3, -0.25) is 0 Å². The number of fused-ring (bicyclic) bond motifs is 2. The van der Waals surface area contributed by atoms with Crippen LogP contribution in [0.25, 0.3) is 0 Å². The molecule has 0 saturated carbocycles. The summed E-state index contributed by atoms with van der Waals surface area (Å²) in [5.41, 5.74) is 7.30. The molecule has 0 aromatic heterocycles. The normalized spacial score (nSPS) is 27.4. The predicted octanol–water partition coefficient (Wildman–Crippen LogP) is 8.32. The fourth-order valence-electron chi connectivity index (χ4n) is 7.26. The van der Waals surface area contributed by atoms with Crippen LogP contribution >= 0.6 is 11.8 Å². The zero-order chi connectivity index (χ0) is 33.9. The number of benzene rings is 5. The standard InChI is InChI=1S/C43H42O6S/c1-2-29-18-20-32(21-19-29)36-28-50-38-23-22-34(24-35(36)38)43(44)41(46-26-31-14-8-4-9-15-31)40(45-25-30-12-6-3-7-13-30)39-37(49-43)27-47-42(48-39)33-16-10-5-11-17-33/h3-24,36-37,39-42,44H,2,25-28H2,1H3. The molecule has 0 bridgehead atoms. The van der Waals surface area contributed by atoms with Gasteiger partial charge in [0, 0.05) is 27.7 Å². The summed E-state index contributed by atoms with van der Waals surface area (Å²) in [6, 6.07) is 45.0. The van der Waals surface area contributed by atoms with E-state index < -0.39 is 36.5 Å². The van der Waals surface area contributed by atoms with Crippen LogP contribution in [-0.4, -0.2) is 41.9 Å². The minimum absolute atomic E-state index is 0.197. The summed E-state index contributed by atoms with van der Waals surface area (Å²) in [6.07, 6.45) is -2.42. The van der Waals surface area contributed by atoms with E-state index in [9.17, 15) is 5.11 Å². The first-order chi connectivity index (χ1) is 24.6. The van der Waals surface area contributed by atoms with Gasteiger partial charge >= 0.3 is 0 Å². The lowest BCUT2D eigenvalue weighted by atomic mass is 9.84. The molecule has 8 rings (SSSR count). The van der Waals surface area contributed by atoms with Crippen LogP contribution in [0.2, 0.25) is 0 Å². The first-order valence-electron chi connectivity index (χ1n) is 17.5. The SMILES string of the molecule is CCc1ccc(C2CSc3ccc(C4(O)OC5COC(c6ccccc6)OC5C(OCc5ccccc5)C4OCc4ccccc4)cc32)cc1. The van der Waals surface area contributed by atoms with E-state index in [2.05, 4.69) is 43.3 Å². The fourth-order valence-corrected chi connectivity index (χ4v) is 8.51. The highest BCUT2D eigenvalue weighted by Gasteiger charge is 2.59. The monoisotopic (exact) mass is 686 g/mol.